The van der Waals surface area contributed by atoms with Gasteiger partial charge >= 0.3 is 0 Å². The Morgan fingerprint density at radius 3 is 2.71 bits per heavy atom. The van der Waals surface area contributed by atoms with Crippen LogP contribution in [0.3, 0.4) is 0 Å². The van der Waals surface area contributed by atoms with Gasteiger partial charge in [0.1, 0.15) is 5.15 Å². The van der Waals surface area contributed by atoms with Crippen LogP contribution in [0.2, 0.25) is 10.2 Å². The second kappa shape index (κ2) is 6.92. The largest absolute Gasteiger partial charge is 0.322 e. The predicted octanol–water partition coefficient (Wildman–Crippen LogP) is 5.15. The molecule has 0 saturated heterocycles. The van der Waals surface area contributed by atoms with Gasteiger partial charge in [-0.15, -0.1) is 0 Å². The summed E-state index contributed by atoms with van der Waals surface area (Å²) >= 11 is 11.6. The minimum atomic E-state index is -0.253. The van der Waals surface area contributed by atoms with Crippen LogP contribution in [0.25, 0.3) is 0 Å². The van der Waals surface area contributed by atoms with Crippen LogP contribution < -0.4 is 5.32 Å². The normalized spacial score (nSPS) is 12.0. The molecule has 21 heavy (non-hydrogen) atoms. The van der Waals surface area contributed by atoms with Gasteiger partial charge in [-0.05, 0) is 30.0 Å². The third-order valence-electron chi connectivity index (χ3n) is 3.41. The molecule has 1 aromatic heterocycles. The molecule has 0 radical (unpaired) electrons. The SMILES string of the molecule is CC[C@@H](C)c1ccccc1NC(=O)c1cnc(Cl)c(Cl)c1. The van der Waals surface area contributed by atoms with Gasteiger partial charge in [0, 0.05) is 11.9 Å². The number of carbonyl (C=O) groups excluding carboxylic acids is 1. The molecule has 1 amide bonds. The first kappa shape index (κ1) is 15.8. The van der Waals surface area contributed by atoms with Gasteiger partial charge in [0.05, 0.1) is 10.6 Å². The van der Waals surface area contributed by atoms with E-state index in [-0.39, 0.29) is 16.1 Å². The van der Waals surface area contributed by atoms with E-state index < -0.39 is 0 Å². The molecule has 0 spiro atoms. The molecule has 0 aliphatic carbocycles. The highest BCUT2D eigenvalue weighted by molar-refractivity contribution is 6.41. The van der Waals surface area contributed by atoms with Crippen LogP contribution in [-0.4, -0.2) is 10.9 Å². The molecule has 1 heterocycles. The standard InChI is InChI=1S/C16H16Cl2N2O/c1-3-10(2)12-6-4-5-7-14(12)20-16(21)11-8-13(17)15(18)19-9-11/h4-10H,3H2,1-2H3,(H,20,21)/t10-/m1/s1. The number of carbonyl (C=O) groups is 1. The summed E-state index contributed by atoms with van der Waals surface area (Å²) < 4.78 is 0. The Morgan fingerprint density at radius 1 is 1.33 bits per heavy atom. The number of anilines is 1. The fourth-order valence-electron chi connectivity index (χ4n) is 2.00. The quantitative estimate of drug-likeness (QED) is 0.790. The second-order valence-corrected chi connectivity index (χ2v) is 5.61. The van der Waals surface area contributed by atoms with Crippen LogP contribution >= 0.6 is 23.2 Å². The highest BCUT2D eigenvalue weighted by Gasteiger charge is 2.13. The molecule has 1 N–H and O–H groups in total. The molecule has 110 valence electrons. The third-order valence-corrected chi connectivity index (χ3v) is 4.10. The van der Waals surface area contributed by atoms with Crippen molar-refractivity contribution in [1.82, 2.24) is 4.98 Å². The Hall–Kier alpha value is -1.58. The van der Waals surface area contributed by atoms with Gasteiger partial charge in [0.15, 0.2) is 0 Å². The number of hydrogen-bond acceptors (Lipinski definition) is 2. The van der Waals surface area contributed by atoms with Crippen molar-refractivity contribution < 1.29 is 4.79 Å². The molecule has 0 aliphatic rings. The zero-order valence-electron chi connectivity index (χ0n) is 11.9. The second-order valence-electron chi connectivity index (χ2n) is 4.85. The van der Waals surface area contributed by atoms with Gasteiger partial charge in [0.2, 0.25) is 0 Å². The predicted molar refractivity (Wildman–Crippen MR) is 87.4 cm³/mol. The summed E-state index contributed by atoms with van der Waals surface area (Å²) in [5, 5.41) is 3.36. The number of nitrogens with one attached hydrogen (secondary N) is 1. The molecule has 0 saturated carbocycles. The smallest absolute Gasteiger partial charge is 0.257 e. The number of nitrogens with zero attached hydrogens (tertiary/aromatic N) is 1. The summed E-state index contributed by atoms with van der Waals surface area (Å²) in [6.07, 6.45) is 2.41. The Bertz CT molecular complexity index is 658. The van der Waals surface area contributed by atoms with Crippen LogP contribution in [-0.2, 0) is 0 Å². The summed E-state index contributed by atoms with van der Waals surface area (Å²) in [6.45, 7) is 4.25. The maximum Gasteiger partial charge on any atom is 0.257 e. The van der Waals surface area contributed by atoms with Crippen LogP contribution in [0, 0.1) is 0 Å². The third kappa shape index (κ3) is 3.74. The number of amides is 1. The van der Waals surface area contributed by atoms with E-state index in [0.29, 0.717) is 11.5 Å². The summed E-state index contributed by atoms with van der Waals surface area (Å²) in [7, 11) is 0. The molecule has 0 unspecified atom stereocenters. The van der Waals surface area contributed by atoms with E-state index in [4.69, 9.17) is 23.2 Å². The molecule has 2 rings (SSSR count). The fraction of sp³-hybridized carbons (Fsp3) is 0.250. The van der Waals surface area contributed by atoms with Crippen molar-refractivity contribution in [3.8, 4) is 0 Å². The molecule has 5 heteroatoms. The van der Waals surface area contributed by atoms with E-state index in [1.54, 1.807) is 0 Å². The highest BCUT2D eigenvalue weighted by Crippen LogP contribution is 2.27. The van der Waals surface area contributed by atoms with Crippen molar-refractivity contribution in [2.45, 2.75) is 26.2 Å². The van der Waals surface area contributed by atoms with Gasteiger partial charge in [-0.3, -0.25) is 4.79 Å². The molecule has 1 atom stereocenters. The lowest BCUT2D eigenvalue weighted by Gasteiger charge is -2.15. The fourth-order valence-corrected chi connectivity index (χ4v) is 2.27. The molecule has 1 aromatic carbocycles. The Balaban J connectivity index is 2.25. The van der Waals surface area contributed by atoms with E-state index in [1.165, 1.54) is 12.3 Å². The van der Waals surface area contributed by atoms with Crippen molar-refractivity contribution in [3.05, 3.63) is 57.8 Å². The number of halogens is 2. The number of rotatable bonds is 4. The highest BCUT2D eigenvalue weighted by atomic mass is 35.5. The average Bonchev–Trinajstić information content (AvgIpc) is 2.49. The van der Waals surface area contributed by atoms with Crippen LogP contribution in [0.1, 0.15) is 42.1 Å². The molecular formula is C16H16Cl2N2O. The van der Waals surface area contributed by atoms with Crippen molar-refractivity contribution in [1.29, 1.82) is 0 Å². The van der Waals surface area contributed by atoms with Gasteiger partial charge in [0.25, 0.3) is 5.91 Å². The van der Waals surface area contributed by atoms with Gasteiger partial charge < -0.3 is 5.32 Å². The molecule has 0 aliphatic heterocycles. The average molecular weight is 323 g/mol. The van der Waals surface area contributed by atoms with E-state index >= 15 is 0 Å². The first-order valence-corrected chi connectivity index (χ1v) is 7.49. The zero-order chi connectivity index (χ0) is 15.4. The summed E-state index contributed by atoms with van der Waals surface area (Å²) in [5.74, 6) is 0.116. The van der Waals surface area contributed by atoms with Crippen molar-refractivity contribution in [3.63, 3.8) is 0 Å². The summed E-state index contributed by atoms with van der Waals surface area (Å²) in [5.41, 5.74) is 2.30. The Labute approximate surface area is 134 Å². The van der Waals surface area contributed by atoms with E-state index in [0.717, 1.165) is 17.7 Å². The molecule has 0 fully saturated rings. The van der Waals surface area contributed by atoms with Crippen LogP contribution in [0.15, 0.2) is 36.5 Å². The van der Waals surface area contributed by atoms with Gasteiger partial charge in [-0.2, -0.15) is 0 Å². The molecule has 0 bridgehead atoms. The molecular weight excluding hydrogens is 307 g/mol. The van der Waals surface area contributed by atoms with Crippen LogP contribution in [0.4, 0.5) is 5.69 Å². The van der Waals surface area contributed by atoms with Crippen molar-refractivity contribution in [2.75, 3.05) is 5.32 Å². The minimum absolute atomic E-state index is 0.188. The lowest BCUT2D eigenvalue weighted by Crippen LogP contribution is -2.14. The summed E-state index contributed by atoms with van der Waals surface area (Å²) in [6, 6.07) is 9.30. The first-order chi connectivity index (χ1) is 10.0. The lowest BCUT2D eigenvalue weighted by molar-refractivity contribution is 0.102. The van der Waals surface area contributed by atoms with E-state index in [2.05, 4.69) is 24.1 Å². The zero-order valence-corrected chi connectivity index (χ0v) is 13.4. The van der Waals surface area contributed by atoms with E-state index in [1.807, 2.05) is 24.3 Å². The topological polar surface area (TPSA) is 42.0 Å². The number of hydrogen-bond donors (Lipinski definition) is 1. The van der Waals surface area contributed by atoms with Crippen molar-refractivity contribution in [2.24, 2.45) is 0 Å². The maximum absolute atomic E-state index is 12.3. The first-order valence-electron chi connectivity index (χ1n) is 6.74. The number of para-hydroxylation sites is 1. The Morgan fingerprint density at radius 2 is 2.05 bits per heavy atom. The van der Waals surface area contributed by atoms with Gasteiger partial charge in [-0.25, -0.2) is 4.98 Å². The Kier molecular flexibility index (Phi) is 5.21. The van der Waals surface area contributed by atoms with Crippen molar-refractivity contribution >= 4 is 34.8 Å². The van der Waals surface area contributed by atoms with Crippen LogP contribution in [0.5, 0.6) is 0 Å². The lowest BCUT2D eigenvalue weighted by atomic mass is 9.97. The molecule has 2 aromatic rings. The number of pyridine rings is 1. The number of benzene rings is 1. The summed E-state index contributed by atoms with van der Waals surface area (Å²) in [4.78, 5) is 16.2. The minimum Gasteiger partial charge on any atom is -0.322 e. The monoisotopic (exact) mass is 322 g/mol. The van der Waals surface area contributed by atoms with E-state index in [9.17, 15) is 4.79 Å². The maximum atomic E-state index is 12.3. The number of aromatic nitrogens is 1. The van der Waals surface area contributed by atoms with Gasteiger partial charge in [-0.1, -0.05) is 55.2 Å². The molecule has 3 nitrogen and oxygen atoms in total.